The van der Waals surface area contributed by atoms with Gasteiger partial charge in [-0.3, -0.25) is 24.3 Å². The highest BCUT2D eigenvalue weighted by Crippen LogP contribution is 2.24. The molecule has 4 rings (SSSR count). The summed E-state index contributed by atoms with van der Waals surface area (Å²) < 4.78 is 10.2. The smallest absolute Gasteiger partial charge is 0.253 e. The number of hydrogen-bond donors (Lipinski definition) is 6. The Morgan fingerprint density at radius 3 is 2.06 bits per heavy atom. The highest BCUT2D eigenvalue weighted by atomic mass is 35.5. The van der Waals surface area contributed by atoms with Crippen LogP contribution in [-0.4, -0.2) is 181 Å². The number of nitrogens with one attached hydrogen (secondary N) is 5. The third-order valence-electron chi connectivity index (χ3n) is 9.84. The van der Waals surface area contributed by atoms with E-state index >= 15 is 0 Å². The molecule has 1 aliphatic rings. The fourth-order valence-corrected chi connectivity index (χ4v) is 6.39. The Hall–Kier alpha value is -6.10. The largest absolute Gasteiger partial charge is 0.378 e. The molecular formula is C50H77ClN12O8. The van der Waals surface area contributed by atoms with Gasteiger partial charge in [0.2, 0.25) is 5.91 Å². The summed E-state index contributed by atoms with van der Waals surface area (Å²) in [6, 6.07) is 22.1. The van der Waals surface area contributed by atoms with Gasteiger partial charge in [-0.25, -0.2) is 4.99 Å². The van der Waals surface area contributed by atoms with Gasteiger partial charge >= 0.3 is 0 Å². The molecular weight excluding hydrogens is 932 g/mol. The lowest BCUT2D eigenvalue weighted by Gasteiger charge is -2.34. The van der Waals surface area contributed by atoms with Crippen molar-refractivity contribution in [1.29, 1.82) is 0 Å². The molecule has 0 saturated carbocycles. The minimum absolute atomic E-state index is 0.127. The number of ether oxygens (including phenoxy) is 2. The second kappa shape index (κ2) is 42.8. The number of aldehydes is 3. The molecule has 3 aromatic carbocycles. The van der Waals surface area contributed by atoms with Gasteiger partial charge in [-0.1, -0.05) is 53.2 Å². The molecule has 0 bridgehead atoms. The number of carbonyl (C=O) groups is 5. The lowest BCUT2D eigenvalue weighted by atomic mass is 10.1. The molecule has 2 amide bonds. The summed E-state index contributed by atoms with van der Waals surface area (Å²) in [6.07, 6.45) is 5.23. The van der Waals surface area contributed by atoms with E-state index in [9.17, 15) is 28.9 Å². The molecule has 392 valence electrons. The number of nitroso groups, excluding NO2 is 1. The number of amidine groups is 1. The number of halogens is 1. The van der Waals surface area contributed by atoms with Crippen molar-refractivity contribution in [1.82, 2.24) is 31.1 Å². The number of rotatable bonds is 26. The van der Waals surface area contributed by atoms with Gasteiger partial charge in [0.05, 0.1) is 43.7 Å². The van der Waals surface area contributed by atoms with E-state index in [4.69, 9.17) is 21.1 Å². The Morgan fingerprint density at radius 2 is 1.46 bits per heavy atom. The first kappa shape index (κ1) is 64.9. The van der Waals surface area contributed by atoms with Crippen LogP contribution < -0.4 is 37.2 Å². The molecule has 0 spiro atoms. The Balaban J connectivity index is 0.00000106. The molecule has 1 saturated heterocycles. The lowest BCUT2D eigenvalue weighted by Crippen LogP contribution is -2.44. The van der Waals surface area contributed by atoms with Crippen molar-refractivity contribution in [2.75, 3.05) is 132 Å². The molecule has 21 heteroatoms. The van der Waals surface area contributed by atoms with E-state index in [0.29, 0.717) is 81.4 Å². The summed E-state index contributed by atoms with van der Waals surface area (Å²) >= 11 is 6.40. The number of para-hydroxylation sites is 1. The van der Waals surface area contributed by atoms with Crippen molar-refractivity contribution in [2.24, 2.45) is 20.9 Å². The predicted octanol–water partition coefficient (Wildman–Crippen LogP) is 4.12. The SMILES string of the molecule is C=N/C=C(/Cl)C(=Nc1ccccc1C(=O)NC)Nc1ccc(N2CCN(C)CC2)cc1.CN.CNC.CNC(=O)C(CCC=O)N(C)Cc1ccccc1C=O.O=CCCNCCOCCOCCN=O. The zero-order chi connectivity index (χ0) is 53.1. The molecule has 3 aromatic rings. The van der Waals surface area contributed by atoms with Crippen molar-refractivity contribution in [3.05, 3.63) is 106 Å². The zero-order valence-electron chi connectivity index (χ0n) is 42.5. The molecule has 1 atom stereocenters. The maximum Gasteiger partial charge on any atom is 0.253 e. The zero-order valence-corrected chi connectivity index (χ0v) is 43.3. The van der Waals surface area contributed by atoms with Gasteiger partial charge in [-0.05, 0) is 90.3 Å². The van der Waals surface area contributed by atoms with Gasteiger partial charge in [0.25, 0.3) is 5.91 Å². The van der Waals surface area contributed by atoms with Gasteiger partial charge in [-0.15, -0.1) is 0 Å². The number of likely N-dealkylation sites (N-methyl/N-ethyl adjacent to an activating group) is 3. The Kier molecular flexibility index (Phi) is 39.1. The minimum atomic E-state index is -0.384. The van der Waals surface area contributed by atoms with Crippen LogP contribution in [0.2, 0.25) is 0 Å². The number of piperazine rings is 1. The third kappa shape index (κ3) is 28.4. The van der Waals surface area contributed by atoms with E-state index < -0.39 is 0 Å². The Bertz CT molecular complexity index is 2000. The number of hydrogen-bond acceptors (Lipinski definition) is 17. The Morgan fingerprint density at radius 1 is 0.845 bits per heavy atom. The summed E-state index contributed by atoms with van der Waals surface area (Å²) in [5.41, 5.74) is 8.93. The van der Waals surface area contributed by atoms with Crippen molar-refractivity contribution < 1.29 is 33.4 Å². The van der Waals surface area contributed by atoms with Crippen LogP contribution in [0.1, 0.15) is 45.5 Å². The fraction of sp³-hybridized carbons (Fsp3) is 0.460. The summed E-state index contributed by atoms with van der Waals surface area (Å²) in [7, 11) is 12.4. The second-order valence-corrected chi connectivity index (χ2v) is 15.5. The molecule has 1 aliphatic heterocycles. The van der Waals surface area contributed by atoms with Gasteiger partial charge < -0.3 is 61.2 Å². The van der Waals surface area contributed by atoms with Crippen molar-refractivity contribution in [3.8, 4) is 0 Å². The maximum atomic E-state index is 12.2. The monoisotopic (exact) mass is 1010 g/mol. The molecule has 1 fully saturated rings. The predicted molar refractivity (Wildman–Crippen MR) is 288 cm³/mol. The molecule has 20 nitrogen and oxygen atoms in total. The molecule has 0 aromatic heterocycles. The van der Waals surface area contributed by atoms with E-state index in [1.807, 2.05) is 56.4 Å². The van der Waals surface area contributed by atoms with Crippen molar-refractivity contribution in [2.45, 2.75) is 31.8 Å². The van der Waals surface area contributed by atoms with Crippen LogP contribution in [0.5, 0.6) is 0 Å². The van der Waals surface area contributed by atoms with Gasteiger partial charge in [0, 0.05) is 95.9 Å². The quantitative estimate of drug-likeness (QED) is 0.0218. The maximum absolute atomic E-state index is 12.2. The second-order valence-electron chi connectivity index (χ2n) is 15.1. The Labute approximate surface area is 425 Å². The van der Waals surface area contributed by atoms with Crippen LogP contribution >= 0.6 is 11.6 Å². The first-order valence-corrected chi connectivity index (χ1v) is 23.5. The number of nitrogens with zero attached hydrogens (tertiary/aromatic N) is 6. The van der Waals surface area contributed by atoms with Gasteiger partial charge in [0.15, 0.2) is 5.84 Å². The average Bonchev–Trinajstić information content (AvgIpc) is 3.39. The normalized spacial score (nSPS) is 12.6. The summed E-state index contributed by atoms with van der Waals surface area (Å²) in [6.45, 7) is 11.6. The summed E-state index contributed by atoms with van der Waals surface area (Å²) in [4.78, 5) is 80.1. The standard InChI is InChI=1S/C23H27ClN6O.C15H20N2O3.C9H18N2O4.C2H7N.CH5N/c1-25-16-20(24)22(28-21-7-5-4-6-19(21)23(31)26-2)27-17-8-10-18(11-9-17)30-14-12-29(3)13-15-30;1-16-15(20)14(8-5-9-18)17(2)10-12-6-3-4-7-13(12)11-19;12-5-1-2-10-3-6-14-8-9-15-7-4-11-13;1-3-2;1-2/h4-11,16H,1,12-15H2,2-3H3,(H,26,31)(H,27,28);3-4,6-7,9,11,14H,5,8,10H2,1-2H3,(H,16,20);5,10H,1-4,6-9H2;3H,1-2H3;2H2,1H3/b20-16+;;;;. The summed E-state index contributed by atoms with van der Waals surface area (Å²) in [5, 5.41) is 17.2. The van der Waals surface area contributed by atoms with E-state index in [2.05, 4.69) is 83.2 Å². The van der Waals surface area contributed by atoms with E-state index in [1.165, 1.54) is 18.9 Å². The lowest BCUT2D eigenvalue weighted by molar-refractivity contribution is -0.126. The molecule has 1 heterocycles. The first-order valence-electron chi connectivity index (χ1n) is 23.1. The van der Waals surface area contributed by atoms with Gasteiger partial charge in [-0.2, -0.15) is 4.91 Å². The molecule has 71 heavy (non-hydrogen) atoms. The van der Waals surface area contributed by atoms with Crippen molar-refractivity contribution in [3.63, 3.8) is 0 Å². The number of amides is 2. The number of aliphatic imine (C=N–C) groups is 2. The van der Waals surface area contributed by atoms with E-state index in [0.717, 1.165) is 62.8 Å². The number of nitrogens with two attached hydrogens (primary N) is 1. The van der Waals surface area contributed by atoms with E-state index in [-0.39, 0.29) is 29.4 Å². The van der Waals surface area contributed by atoms with Crippen LogP contribution in [0.15, 0.2) is 99.2 Å². The first-order chi connectivity index (χ1) is 34.5. The molecule has 0 radical (unpaired) electrons. The number of benzene rings is 3. The third-order valence-corrected chi connectivity index (χ3v) is 10.1. The average molecular weight is 1010 g/mol. The highest BCUT2D eigenvalue weighted by Gasteiger charge is 2.22. The number of carbonyl (C=O) groups excluding carboxylic acids is 5. The topological polar surface area (TPSA) is 254 Å². The fourth-order valence-electron chi connectivity index (χ4n) is 6.23. The van der Waals surface area contributed by atoms with Crippen LogP contribution in [0, 0.1) is 4.91 Å². The van der Waals surface area contributed by atoms with E-state index in [1.54, 1.807) is 44.4 Å². The van der Waals surface area contributed by atoms with Crippen LogP contribution in [0.25, 0.3) is 0 Å². The molecule has 0 aliphatic carbocycles. The van der Waals surface area contributed by atoms with Gasteiger partial charge in [0.1, 0.15) is 30.4 Å². The van der Waals surface area contributed by atoms with Crippen LogP contribution in [-0.2, 0) is 30.4 Å². The highest BCUT2D eigenvalue weighted by molar-refractivity contribution is 6.45. The van der Waals surface area contributed by atoms with Crippen LogP contribution in [0.3, 0.4) is 0 Å². The minimum Gasteiger partial charge on any atom is -0.378 e. The molecule has 7 N–H and O–H groups in total. The summed E-state index contributed by atoms with van der Waals surface area (Å²) in [5.74, 6) is 0.0212. The molecule has 1 unspecified atom stereocenters. The number of anilines is 2. The van der Waals surface area contributed by atoms with Crippen LogP contribution in [0.4, 0.5) is 17.1 Å². The van der Waals surface area contributed by atoms with Crippen molar-refractivity contribution >= 4 is 71.9 Å².